The van der Waals surface area contributed by atoms with Gasteiger partial charge < -0.3 is 4.74 Å². The number of amides is 1. The van der Waals surface area contributed by atoms with Gasteiger partial charge in [-0.2, -0.15) is 0 Å². The Bertz CT molecular complexity index is 911. The largest absolute Gasteiger partial charge is 0.481 e. The Morgan fingerprint density at radius 3 is 2.26 bits per heavy atom. The minimum absolute atomic E-state index is 0.0443. The number of carbonyl (C=O) groups is 1. The van der Waals surface area contributed by atoms with Gasteiger partial charge >= 0.3 is 0 Å². The summed E-state index contributed by atoms with van der Waals surface area (Å²) in [6.07, 6.45) is -0.784. The van der Waals surface area contributed by atoms with E-state index in [4.69, 9.17) is 4.74 Å². The monoisotopic (exact) mass is 434 g/mol. The third-order valence-corrected chi connectivity index (χ3v) is 5.01. The van der Waals surface area contributed by atoms with Crippen molar-refractivity contribution in [3.63, 3.8) is 0 Å². The number of rotatable bonds is 4. The molecule has 0 spiro atoms. The van der Waals surface area contributed by atoms with Crippen molar-refractivity contribution in [2.75, 3.05) is 12.0 Å². The molecular weight excluding hydrogens is 418 g/mol. The molecular formula is C20H17BrF2N2O2. The molecule has 1 heterocycles. The molecule has 1 aliphatic heterocycles. The van der Waals surface area contributed by atoms with Crippen LogP contribution in [-0.4, -0.2) is 24.1 Å². The van der Waals surface area contributed by atoms with Crippen LogP contribution in [0.4, 0.5) is 14.5 Å². The van der Waals surface area contributed by atoms with E-state index < -0.39 is 29.4 Å². The molecule has 2 aromatic rings. The first kappa shape index (κ1) is 19.1. The van der Waals surface area contributed by atoms with Gasteiger partial charge in [-0.1, -0.05) is 43.0 Å². The molecule has 0 fully saturated rings. The molecule has 140 valence electrons. The number of para-hydroxylation sites is 1. The molecule has 1 aliphatic rings. The Hall–Kier alpha value is -2.67. The van der Waals surface area contributed by atoms with Gasteiger partial charge in [0.25, 0.3) is 5.91 Å². The molecule has 27 heavy (non-hydrogen) atoms. The number of methoxy groups -OCH3 is 1. The molecule has 1 unspecified atom stereocenters. The molecule has 0 saturated heterocycles. The molecule has 0 N–H and O–H groups in total. The number of ether oxygens (including phenoxy) is 1. The summed E-state index contributed by atoms with van der Waals surface area (Å²) in [7, 11) is 1.42. The zero-order valence-electron chi connectivity index (χ0n) is 14.7. The summed E-state index contributed by atoms with van der Waals surface area (Å²) < 4.78 is 34.3. The van der Waals surface area contributed by atoms with Gasteiger partial charge in [0.05, 0.1) is 7.11 Å². The van der Waals surface area contributed by atoms with Crippen LogP contribution in [0.2, 0.25) is 0 Å². The number of nitrogens with zero attached hydrogens (tertiary/aromatic N) is 2. The molecule has 0 saturated carbocycles. The van der Waals surface area contributed by atoms with Gasteiger partial charge in [-0.3, -0.25) is 14.6 Å². The lowest BCUT2D eigenvalue weighted by Crippen LogP contribution is -2.53. The van der Waals surface area contributed by atoms with Gasteiger partial charge in [-0.25, -0.2) is 8.78 Å². The quantitative estimate of drug-likeness (QED) is 0.689. The van der Waals surface area contributed by atoms with Gasteiger partial charge in [0.15, 0.2) is 0 Å². The van der Waals surface area contributed by atoms with E-state index in [9.17, 15) is 13.6 Å². The average molecular weight is 435 g/mol. The number of hydrogen-bond donors (Lipinski definition) is 0. The van der Waals surface area contributed by atoms with E-state index in [1.807, 2.05) is 30.3 Å². The molecule has 1 atom stereocenters. The van der Waals surface area contributed by atoms with Crippen molar-refractivity contribution in [2.24, 2.45) is 0 Å². The highest BCUT2D eigenvalue weighted by molar-refractivity contribution is 9.12. The van der Waals surface area contributed by atoms with E-state index in [1.54, 1.807) is 11.8 Å². The fourth-order valence-corrected chi connectivity index (χ4v) is 3.62. The average Bonchev–Trinajstić information content (AvgIpc) is 2.67. The number of anilines is 1. The van der Waals surface area contributed by atoms with Crippen molar-refractivity contribution < 1.29 is 18.3 Å². The molecule has 0 aliphatic carbocycles. The summed E-state index contributed by atoms with van der Waals surface area (Å²) in [5.41, 5.74) is 0.876. The van der Waals surface area contributed by atoms with Crippen LogP contribution in [0.15, 0.2) is 65.5 Å². The van der Waals surface area contributed by atoms with Gasteiger partial charge in [0, 0.05) is 5.70 Å². The lowest BCUT2D eigenvalue weighted by Gasteiger charge is -2.43. The molecule has 0 radical (unpaired) electrons. The van der Waals surface area contributed by atoms with Crippen LogP contribution in [0.1, 0.15) is 12.5 Å². The molecule has 2 aromatic carbocycles. The summed E-state index contributed by atoms with van der Waals surface area (Å²) in [6.45, 7) is 5.74. The maximum Gasteiger partial charge on any atom is 0.272 e. The van der Waals surface area contributed by atoms with Crippen LogP contribution in [0.25, 0.3) is 5.70 Å². The second kappa shape index (κ2) is 7.52. The van der Waals surface area contributed by atoms with Gasteiger partial charge in [-0.15, -0.1) is 0 Å². The zero-order chi connectivity index (χ0) is 19.7. The van der Waals surface area contributed by atoms with Crippen LogP contribution in [0.5, 0.6) is 0 Å². The maximum atomic E-state index is 14.4. The van der Waals surface area contributed by atoms with Crippen LogP contribution in [0, 0.1) is 11.6 Å². The van der Waals surface area contributed by atoms with E-state index >= 15 is 0 Å². The Morgan fingerprint density at radius 2 is 1.70 bits per heavy atom. The Morgan fingerprint density at radius 1 is 1.11 bits per heavy atom. The zero-order valence-corrected chi connectivity index (χ0v) is 16.3. The van der Waals surface area contributed by atoms with Crippen LogP contribution in [0.3, 0.4) is 0 Å². The van der Waals surface area contributed by atoms with E-state index in [0.717, 1.165) is 22.6 Å². The SMILES string of the molecule is C=C(c1ccccc1)N1C(OC)=C(Br)C(=O)N(c2c(F)cccc2F)C1C. The Labute approximate surface area is 164 Å². The summed E-state index contributed by atoms with van der Waals surface area (Å²) in [5, 5.41) is 0. The van der Waals surface area contributed by atoms with Gasteiger partial charge in [-0.05, 0) is 40.5 Å². The van der Waals surface area contributed by atoms with Crippen molar-refractivity contribution in [3.05, 3.63) is 82.7 Å². The molecule has 0 aromatic heterocycles. The molecule has 4 nitrogen and oxygen atoms in total. The highest BCUT2D eigenvalue weighted by Crippen LogP contribution is 2.38. The second-order valence-corrected chi connectivity index (χ2v) is 6.68. The highest BCUT2D eigenvalue weighted by atomic mass is 79.9. The molecule has 3 rings (SSSR count). The van der Waals surface area contributed by atoms with Crippen molar-refractivity contribution in [3.8, 4) is 0 Å². The lowest BCUT2D eigenvalue weighted by atomic mass is 10.1. The predicted octanol–water partition coefficient (Wildman–Crippen LogP) is 4.84. The van der Waals surface area contributed by atoms with Gasteiger partial charge in [0.1, 0.15) is 28.0 Å². The molecule has 1 amide bonds. The van der Waals surface area contributed by atoms with Gasteiger partial charge in [0.2, 0.25) is 5.88 Å². The Balaban J connectivity index is 2.16. The van der Waals surface area contributed by atoms with Crippen molar-refractivity contribution in [1.82, 2.24) is 4.90 Å². The maximum absolute atomic E-state index is 14.4. The first-order valence-corrected chi connectivity index (χ1v) is 8.92. The number of hydrogen-bond acceptors (Lipinski definition) is 3. The fraction of sp³-hybridized carbons (Fsp3) is 0.150. The van der Waals surface area contributed by atoms with Crippen molar-refractivity contribution in [2.45, 2.75) is 13.1 Å². The number of halogens is 3. The van der Waals surface area contributed by atoms with E-state index in [1.165, 1.54) is 13.2 Å². The third-order valence-electron chi connectivity index (χ3n) is 4.33. The lowest BCUT2D eigenvalue weighted by molar-refractivity contribution is -0.116. The highest BCUT2D eigenvalue weighted by Gasteiger charge is 2.41. The van der Waals surface area contributed by atoms with E-state index in [0.29, 0.717) is 5.70 Å². The molecule has 0 bridgehead atoms. The van der Waals surface area contributed by atoms with Crippen LogP contribution in [-0.2, 0) is 9.53 Å². The number of carbonyl (C=O) groups excluding carboxylic acids is 1. The van der Waals surface area contributed by atoms with E-state index in [-0.39, 0.29) is 10.4 Å². The smallest absolute Gasteiger partial charge is 0.272 e. The fourth-order valence-electron chi connectivity index (χ4n) is 3.07. The summed E-state index contributed by atoms with van der Waals surface area (Å²) >= 11 is 3.21. The van der Waals surface area contributed by atoms with Crippen molar-refractivity contribution in [1.29, 1.82) is 0 Å². The molecule has 7 heteroatoms. The van der Waals surface area contributed by atoms with Crippen LogP contribution < -0.4 is 4.90 Å². The normalized spacial score (nSPS) is 17.4. The minimum atomic E-state index is -0.832. The topological polar surface area (TPSA) is 32.8 Å². The Kier molecular flexibility index (Phi) is 5.32. The summed E-state index contributed by atoms with van der Waals surface area (Å²) in [6, 6.07) is 12.7. The third kappa shape index (κ3) is 3.23. The van der Waals surface area contributed by atoms with Crippen molar-refractivity contribution >= 4 is 33.2 Å². The van der Waals surface area contributed by atoms with Crippen LogP contribution >= 0.6 is 15.9 Å². The number of benzene rings is 2. The summed E-state index contributed by atoms with van der Waals surface area (Å²) in [4.78, 5) is 15.5. The standard InChI is InChI=1S/C20H17BrF2N2O2/c1-12(14-8-5-4-6-9-14)24-13(2)25(19(26)17(21)20(24)27-3)18-15(22)10-7-11-16(18)23/h4-11,13H,1H2,2-3H3. The first-order valence-electron chi connectivity index (χ1n) is 8.13. The second-order valence-electron chi connectivity index (χ2n) is 5.88. The van der Waals surface area contributed by atoms with E-state index in [2.05, 4.69) is 22.5 Å². The summed E-state index contributed by atoms with van der Waals surface area (Å²) in [5.74, 6) is -2.06. The first-order chi connectivity index (χ1) is 12.9. The minimum Gasteiger partial charge on any atom is -0.481 e. The predicted molar refractivity (Wildman–Crippen MR) is 104 cm³/mol.